The summed E-state index contributed by atoms with van der Waals surface area (Å²) in [6.45, 7) is 6.57. The summed E-state index contributed by atoms with van der Waals surface area (Å²) in [5, 5.41) is 15.6. The number of halogens is 1. The number of aryl methyl sites for hydroxylation is 1. The van der Waals surface area contributed by atoms with Crippen LogP contribution in [-0.4, -0.2) is 37.9 Å². The van der Waals surface area contributed by atoms with Crippen molar-refractivity contribution in [3.63, 3.8) is 0 Å². The molecule has 0 aliphatic rings. The highest BCUT2D eigenvalue weighted by molar-refractivity contribution is 5.79. The molecule has 0 aliphatic carbocycles. The predicted octanol–water partition coefficient (Wildman–Crippen LogP) is 3.12. The topological polar surface area (TPSA) is 75.1 Å². The zero-order valence-electron chi connectivity index (χ0n) is 16.6. The molecule has 7 heteroatoms. The minimum absolute atomic E-state index is 0.359. The lowest BCUT2D eigenvalue weighted by molar-refractivity contribution is 0.110. The minimum atomic E-state index is -0.643. The van der Waals surface area contributed by atoms with Gasteiger partial charge in [0.2, 0.25) is 0 Å². The molecule has 152 valence electrons. The molecule has 0 spiro atoms. The van der Waals surface area contributed by atoms with Gasteiger partial charge >= 0.3 is 0 Å². The number of nitrogens with one attached hydrogen (secondary N) is 2. The van der Waals surface area contributed by atoms with Crippen molar-refractivity contribution in [3.05, 3.63) is 58.9 Å². The molecule has 2 aromatic carbocycles. The lowest BCUT2D eigenvalue weighted by atomic mass is 10.1. The van der Waals surface area contributed by atoms with E-state index in [1.54, 1.807) is 13.1 Å². The third-order valence-corrected chi connectivity index (χ3v) is 4.05. The van der Waals surface area contributed by atoms with Gasteiger partial charge in [-0.3, -0.25) is 4.99 Å². The standard InChI is InChI=1S/C21H28FN3O3/c1-4-27-9-10-28-20-11-15(2)5-7-17(20)14-25-21(23-3)24-13-16-6-8-19(26)18(22)12-16/h5-8,11-12,26H,4,9-10,13-14H2,1-3H3,(H2,23,24,25). The van der Waals surface area contributed by atoms with E-state index >= 15 is 0 Å². The van der Waals surface area contributed by atoms with Gasteiger partial charge in [-0.25, -0.2) is 4.39 Å². The van der Waals surface area contributed by atoms with E-state index in [-0.39, 0.29) is 5.75 Å². The molecule has 0 saturated heterocycles. The normalized spacial score (nSPS) is 11.4. The number of benzene rings is 2. The van der Waals surface area contributed by atoms with Gasteiger partial charge in [0.1, 0.15) is 12.4 Å². The number of phenolic OH excluding ortho intramolecular Hbond substituents is 1. The molecule has 0 radical (unpaired) electrons. The molecular formula is C21H28FN3O3. The quantitative estimate of drug-likeness (QED) is 0.349. The van der Waals surface area contributed by atoms with Crippen LogP contribution in [0.5, 0.6) is 11.5 Å². The van der Waals surface area contributed by atoms with Gasteiger partial charge in [0.25, 0.3) is 0 Å². The molecule has 0 saturated carbocycles. The van der Waals surface area contributed by atoms with E-state index in [0.717, 1.165) is 16.9 Å². The molecule has 0 heterocycles. The Bertz CT molecular complexity index is 796. The molecule has 0 fully saturated rings. The third kappa shape index (κ3) is 6.74. The van der Waals surface area contributed by atoms with E-state index < -0.39 is 5.82 Å². The Morgan fingerprint density at radius 3 is 2.61 bits per heavy atom. The first-order valence-electron chi connectivity index (χ1n) is 9.25. The van der Waals surface area contributed by atoms with E-state index in [9.17, 15) is 9.50 Å². The lowest BCUT2D eigenvalue weighted by Crippen LogP contribution is -2.36. The molecule has 28 heavy (non-hydrogen) atoms. The fourth-order valence-corrected chi connectivity index (χ4v) is 2.54. The van der Waals surface area contributed by atoms with Crippen molar-refractivity contribution in [2.75, 3.05) is 26.9 Å². The summed E-state index contributed by atoms with van der Waals surface area (Å²) in [5.74, 6) is 0.385. The second kappa shape index (κ2) is 11.1. The molecule has 2 rings (SSSR count). The molecular weight excluding hydrogens is 361 g/mol. The van der Waals surface area contributed by atoms with Crippen LogP contribution in [0.25, 0.3) is 0 Å². The van der Waals surface area contributed by atoms with E-state index in [1.807, 2.05) is 32.0 Å². The Labute approximate surface area is 165 Å². The average Bonchev–Trinajstić information content (AvgIpc) is 2.69. The van der Waals surface area contributed by atoms with Gasteiger partial charge in [0, 0.05) is 32.3 Å². The molecule has 0 bridgehead atoms. The van der Waals surface area contributed by atoms with Gasteiger partial charge < -0.3 is 25.2 Å². The zero-order valence-corrected chi connectivity index (χ0v) is 16.6. The van der Waals surface area contributed by atoms with Crippen LogP contribution in [0.1, 0.15) is 23.6 Å². The first-order chi connectivity index (χ1) is 13.5. The van der Waals surface area contributed by atoms with Crippen LogP contribution in [-0.2, 0) is 17.8 Å². The van der Waals surface area contributed by atoms with Crippen LogP contribution >= 0.6 is 0 Å². The average molecular weight is 389 g/mol. The van der Waals surface area contributed by atoms with Gasteiger partial charge in [-0.2, -0.15) is 0 Å². The molecule has 0 aliphatic heterocycles. The second-order valence-corrected chi connectivity index (χ2v) is 6.22. The van der Waals surface area contributed by atoms with Gasteiger partial charge in [0.15, 0.2) is 17.5 Å². The molecule has 0 amide bonds. The van der Waals surface area contributed by atoms with Crippen molar-refractivity contribution >= 4 is 5.96 Å². The molecule has 6 nitrogen and oxygen atoms in total. The fourth-order valence-electron chi connectivity index (χ4n) is 2.54. The highest BCUT2D eigenvalue weighted by atomic mass is 19.1. The molecule has 0 unspecified atom stereocenters. The Morgan fingerprint density at radius 1 is 1.11 bits per heavy atom. The monoisotopic (exact) mass is 389 g/mol. The number of rotatable bonds is 9. The second-order valence-electron chi connectivity index (χ2n) is 6.22. The third-order valence-electron chi connectivity index (χ3n) is 4.05. The van der Waals surface area contributed by atoms with Crippen molar-refractivity contribution < 1.29 is 19.0 Å². The summed E-state index contributed by atoms with van der Waals surface area (Å²) in [4.78, 5) is 4.18. The van der Waals surface area contributed by atoms with Crippen LogP contribution in [0.2, 0.25) is 0 Å². The van der Waals surface area contributed by atoms with Crippen LogP contribution < -0.4 is 15.4 Å². The van der Waals surface area contributed by atoms with Gasteiger partial charge in [-0.15, -0.1) is 0 Å². The SMILES string of the molecule is CCOCCOc1cc(C)ccc1CNC(=NC)NCc1ccc(O)c(F)c1. The number of guanidine groups is 1. The number of hydrogen-bond acceptors (Lipinski definition) is 4. The first kappa shape index (κ1) is 21.5. The number of aliphatic imine (C=N–C) groups is 1. The first-order valence-corrected chi connectivity index (χ1v) is 9.25. The maximum atomic E-state index is 13.4. The number of nitrogens with zero attached hydrogens (tertiary/aromatic N) is 1. The van der Waals surface area contributed by atoms with Gasteiger partial charge in [0.05, 0.1) is 6.61 Å². The van der Waals surface area contributed by atoms with E-state index in [0.29, 0.717) is 44.4 Å². The number of ether oxygens (including phenoxy) is 2. The smallest absolute Gasteiger partial charge is 0.191 e. The number of phenols is 1. The lowest BCUT2D eigenvalue weighted by Gasteiger charge is -2.15. The summed E-state index contributed by atoms with van der Waals surface area (Å²) in [6.07, 6.45) is 0. The summed E-state index contributed by atoms with van der Waals surface area (Å²) in [5.41, 5.74) is 2.82. The van der Waals surface area contributed by atoms with E-state index in [2.05, 4.69) is 15.6 Å². The number of aromatic hydroxyl groups is 1. The Balaban J connectivity index is 1.92. The van der Waals surface area contributed by atoms with E-state index in [4.69, 9.17) is 9.47 Å². The van der Waals surface area contributed by atoms with Gasteiger partial charge in [-0.1, -0.05) is 18.2 Å². The van der Waals surface area contributed by atoms with Crippen molar-refractivity contribution in [1.29, 1.82) is 0 Å². The van der Waals surface area contributed by atoms with Crippen molar-refractivity contribution in [2.24, 2.45) is 4.99 Å². The highest BCUT2D eigenvalue weighted by Crippen LogP contribution is 2.20. The zero-order chi connectivity index (χ0) is 20.4. The molecule has 0 atom stereocenters. The maximum absolute atomic E-state index is 13.4. The van der Waals surface area contributed by atoms with Crippen LogP contribution in [0.15, 0.2) is 41.4 Å². The van der Waals surface area contributed by atoms with Crippen LogP contribution in [0.3, 0.4) is 0 Å². The summed E-state index contributed by atoms with van der Waals surface area (Å²) < 4.78 is 24.6. The summed E-state index contributed by atoms with van der Waals surface area (Å²) >= 11 is 0. The van der Waals surface area contributed by atoms with Gasteiger partial charge in [-0.05, 0) is 43.2 Å². The van der Waals surface area contributed by atoms with Crippen molar-refractivity contribution in [3.8, 4) is 11.5 Å². The molecule has 0 aromatic heterocycles. The Morgan fingerprint density at radius 2 is 1.89 bits per heavy atom. The Kier molecular flexibility index (Phi) is 8.55. The molecule has 3 N–H and O–H groups in total. The fraction of sp³-hybridized carbons (Fsp3) is 0.381. The Hall–Kier alpha value is -2.80. The van der Waals surface area contributed by atoms with Crippen LogP contribution in [0.4, 0.5) is 4.39 Å². The summed E-state index contributed by atoms with van der Waals surface area (Å²) in [7, 11) is 1.67. The highest BCUT2D eigenvalue weighted by Gasteiger charge is 2.07. The van der Waals surface area contributed by atoms with E-state index in [1.165, 1.54) is 12.1 Å². The minimum Gasteiger partial charge on any atom is -0.505 e. The van der Waals surface area contributed by atoms with Crippen LogP contribution in [0, 0.1) is 12.7 Å². The van der Waals surface area contributed by atoms with Crippen molar-refractivity contribution in [1.82, 2.24) is 10.6 Å². The largest absolute Gasteiger partial charge is 0.505 e. The molecule has 2 aromatic rings. The maximum Gasteiger partial charge on any atom is 0.191 e. The number of hydrogen-bond donors (Lipinski definition) is 3. The summed E-state index contributed by atoms with van der Waals surface area (Å²) in [6, 6.07) is 10.3. The van der Waals surface area contributed by atoms with Crippen molar-refractivity contribution in [2.45, 2.75) is 26.9 Å². The predicted molar refractivity (Wildman–Crippen MR) is 108 cm³/mol.